The summed E-state index contributed by atoms with van der Waals surface area (Å²) in [5.41, 5.74) is 0.746. The molecule has 0 aliphatic carbocycles. The number of primary sulfonamides is 1. The number of sulfonamides is 1. The molecule has 0 amide bonds. The number of rotatable bonds is 2. The lowest BCUT2D eigenvalue weighted by Crippen LogP contribution is -2.35. The Labute approximate surface area is 107 Å². The molecule has 18 heavy (non-hydrogen) atoms. The summed E-state index contributed by atoms with van der Waals surface area (Å²) >= 11 is 0. The van der Waals surface area contributed by atoms with E-state index in [1.165, 1.54) is 0 Å². The van der Waals surface area contributed by atoms with Gasteiger partial charge >= 0.3 is 0 Å². The normalized spacial score (nSPS) is 27.5. The molecule has 0 aromatic heterocycles. The van der Waals surface area contributed by atoms with Crippen molar-refractivity contribution < 1.29 is 8.42 Å². The fourth-order valence-corrected chi connectivity index (χ4v) is 3.83. The van der Waals surface area contributed by atoms with Crippen molar-refractivity contribution in [3.63, 3.8) is 0 Å². The van der Waals surface area contributed by atoms with Gasteiger partial charge in [0.1, 0.15) is 4.90 Å². The molecule has 0 spiro atoms. The van der Waals surface area contributed by atoms with Crippen LogP contribution in [-0.2, 0) is 10.0 Å². The van der Waals surface area contributed by atoms with Gasteiger partial charge in [0.25, 0.3) is 0 Å². The maximum atomic E-state index is 11.6. The molecule has 2 aliphatic rings. The van der Waals surface area contributed by atoms with Crippen molar-refractivity contribution in [1.29, 1.82) is 0 Å². The number of nitrogens with two attached hydrogens (primary N) is 1. The number of para-hydroxylation sites is 1. The second kappa shape index (κ2) is 4.22. The van der Waals surface area contributed by atoms with Crippen molar-refractivity contribution in [2.45, 2.75) is 17.4 Å². The average Bonchev–Trinajstić information content (AvgIpc) is 2.89. The molecule has 3 N–H and O–H groups in total. The number of fused-ring (bicyclic) bond motifs is 1. The molecule has 0 unspecified atom stereocenters. The molecular weight excluding hydrogens is 250 g/mol. The van der Waals surface area contributed by atoms with Crippen LogP contribution in [0.2, 0.25) is 0 Å². The molecule has 5 nitrogen and oxygen atoms in total. The maximum Gasteiger partial charge on any atom is 0.240 e. The van der Waals surface area contributed by atoms with Gasteiger partial charge in [-0.15, -0.1) is 0 Å². The summed E-state index contributed by atoms with van der Waals surface area (Å²) in [4.78, 5) is 2.42. The van der Waals surface area contributed by atoms with Gasteiger partial charge in [0.05, 0.1) is 5.69 Å². The van der Waals surface area contributed by atoms with Gasteiger partial charge in [-0.25, -0.2) is 13.6 Å². The summed E-state index contributed by atoms with van der Waals surface area (Å²) in [5, 5.41) is 8.65. The highest BCUT2D eigenvalue weighted by atomic mass is 32.2. The van der Waals surface area contributed by atoms with Crippen LogP contribution in [0.25, 0.3) is 0 Å². The second-order valence-corrected chi connectivity index (χ2v) is 6.51. The van der Waals surface area contributed by atoms with Crippen molar-refractivity contribution in [1.82, 2.24) is 5.32 Å². The first-order valence-electron chi connectivity index (χ1n) is 6.16. The van der Waals surface area contributed by atoms with E-state index in [9.17, 15) is 8.42 Å². The zero-order valence-electron chi connectivity index (χ0n) is 10.0. The molecule has 2 aliphatic heterocycles. The molecule has 0 bridgehead atoms. The summed E-state index contributed by atoms with van der Waals surface area (Å²) in [5.74, 6) is 0.624. The summed E-state index contributed by atoms with van der Waals surface area (Å²) in [6.45, 7) is 2.85. The predicted molar refractivity (Wildman–Crippen MR) is 69.9 cm³/mol. The largest absolute Gasteiger partial charge is 0.366 e. The fraction of sp³-hybridized carbons (Fsp3) is 0.500. The predicted octanol–water partition coefficient (Wildman–Crippen LogP) is 0.132. The Kier molecular flexibility index (Phi) is 2.80. The van der Waals surface area contributed by atoms with Gasteiger partial charge in [-0.2, -0.15) is 0 Å². The lowest BCUT2D eigenvalue weighted by Gasteiger charge is -2.27. The van der Waals surface area contributed by atoms with Crippen LogP contribution in [-0.4, -0.2) is 34.1 Å². The fourth-order valence-electron chi connectivity index (χ4n) is 3.08. The molecular formula is C12H17N3O2S. The molecule has 1 aromatic carbocycles. The van der Waals surface area contributed by atoms with Gasteiger partial charge in [-0.3, -0.25) is 0 Å². The second-order valence-electron chi connectivity index (χ2n) is 4.98. The number of hydrogen-bond donors (Lipinski definition) is 2. The minimum Gasteiger partial charge on any atom is -0.366 e. The molecule has 1 aromatic rings. The van der Waals surface area contributed by atoms with Gasteiger partial charge in [-0.05, 0) is 24.5 Å². The Morgan fingerprint density at radius 2 is 2.06 bits per heavy atom. The van der Waals surface area contributed by atoms with E-state index in [4.69, 9.17) is 5.14 Å². The Bertz CT molecular complexity index is 558. The quantitative estimate of drug-likeness (QED) is 0.799. The van der Waals surface area contributed by atoms with Gasteiger partial charge < -0.3 is 10.2 Å². The highest BCUT2D eigenvalue weighted by molar-refractivity contribution is 7.89. The molecule has 0 saturated carbocycles. The van der Waals surface area contributed by atoms with E-state index in [0.717, 1.165) is 31.7 Å². The molecule has 98 valence electrons. The first-order chi connectivity index (χ1) is 8.57. The molecule has 3 rings (SSSR count). The summed E-state index contributed by atoms with van der Waals surface area (Å²) in [6, 6.07) is 7.40. The molecule has 2 fully saturated rings. The maximum absolute atomic E-state index is 11.6. The van der Waals surface area contributed by atoms with Gasteiger partial charge in [0, 0.05) is 25.7 Å². The van der Waals surface area contributed by atoms with Crippen LogP contribution in [0.4, 0.5) is 5.69 Å². The zero-order chi connectivity index (χ0) is 12.8. The van der Waals surface area contributed by atoms with Crippen LogP contribution in [0.1, 0.15) is 6.42 Å². The molecule has 2 atom stereocenters. The Morgan fingerprint density at radius 3 is 2.83 bits per heavy atom. The SMILES string of the molecule is NS(=O)(=O)c1ccccc1N1CC[C@H]2CNC[C@H]21. The van der Waals surface area contributed by atoms with Crippen molar-refractivity contribution in [2.24, 2.45) is 11.1 Å². The number of benzene rings is 1. The van der Waals surface area contributed by atoms with Crippen LogP contribution < -0.4 is 15.4 Å². The van der Waals surface area contributed by atoms with E-state index in [2.05, 4.69) is 10.2 Å². The van der Waals surface area contributed by atoms with E-state index in [1.807, 2.05) is 12.1 Å². The third-order valence-corrected chi connectivity index (χ3v) is 4.88. The van der Waals surface area contributed by atoms with E-state index in [1.54, 1.807) is 12.1 Å². The number of nitrogens with one attached hydrogen (secondary N) is 1. The smallest absolute Gasteiger partial charge is 0.240 e. The molecule has 0 radical (unpaired) electrons. The Morgan fingerprint density at radius 1 is 1.28 bits per heavy atom. The number of hydrogen-bond acceptors (Lipinski definition) is 4. The van der Waals surface area contributed by atoms with Gasteiger partial charge in [-0.1, -0.05) is 12.1 Å². The lowest BCUT2D eigenvalue weighted by molar-refractivity contribution is 0.576. The van der Waals surface area contributed by atoms with Crippen LogP contribution in [0.3, 0.4) is 0 Å². The molecule has 6 heteroatoms. The average molecular weight is 267 g/mol. The van der Waals surface area contributed by atoms with Crippen LogP contribution in [0.5, 0.6) is 0 Å². The molecule has 2 heterocycles. The highest BCUT2D eigenvalue weighted by Gasteiger charge is 2.38. The standard InChI is InChI=1S/C12H17N3O2S/c13-18(16,17)12-4-2-1-3-10(12)15-6-5-9-7-14-8-11(9)15/h1-4,9,11,14H,5-8H2,(H2,13,16,17)/t9-,11+/m0/s1. The Hall–Kier alpha value is -1.11. The van der Waals surface area contributed by atoms with Crippen LogP contribution in [0.15, 0.2) is 29.2 Å². The third kappa shape index (κ3) is 1.90. The topological polar surface area (TPSA) is 75.4 Å². The van der Waals surface area contributed by atoms with Gasteiger partial charge in [0.2, 0.25) is 10.0 Å². The number of nitrogens with zero attached hydrogens (tertiary/aromatic N) is 1. The van der Waals surface area contributed by atoms with E-state index < -0.39 is 10.0 Å². The Balaban J connectivity index is 2.02. The zero-order valence-corrected chi connectivity index (χ0v) is 10.9. The molecule has 2 saturated heterocycles. The highest BCUT2D eigenvalue weighted by Crippen LogP contribution is 2.34. The van der Waals surface area contributed by atoms with Crippen molar-refractivity contribution in [2.75, 3.05) is 24.5 Å². The van der Waals surface area contributed by atoms with Crippen molar-refractivity contribution in [3.8, 4) is 0 Å². The minimum atomic E-state index is -3.66. The van der Waals surface area contributed by atoms with Gasteiger partial charge in [0.15, 0.2) is 0 Å². The first kappa shape index (κ1) is 12.0. The van der Waals surface area contributed by atoms with E-state index in [0.29, 0.717) is 12.0 Å². The van der Waals surface area contributed by atoms with Crippen molar-refractivity contribution >= 4 is 15.7 Å². The van der Waals surface area contributed by atoms with Crippen LogP contribution in [0, 0.1) is 5.92 Å². The number of anilines is 1. The van der Waals surface area contributed by atoms with Crippen molar-refractivity contribution in [3.05, 3.63) is 24.3 Å². The first-order valence-corrected chi connectivity index (χ1v) is 7.71. The summed E-state index contributed by atoms with van der Waals surface area (Å²) in [7, 11) is -3.66. The van der Waals surface area contributed by atoms with E-state index in [-0.39, 0.29) is 4.90 Å². The lowest BCUT2D eigenvalue weighted by atomic mass is 10.1. The summed E-state index contributed by atoms with van der Waals surface area (Å²) < 4.78 is 23.3. The third-order valence-electron chi connectivity index (χ3n) is 3.93. The van der Waals surface area contributed by atoms with E-state index >= 15 is 0 Å². The monoisotopic (exact) mass is 267 g/mol. The summed E-state index contributed by atoms with van der Waals surface area (Å²) in [6.07, 6.45) is 1.11. The van der Waals surface area contributed by atoms with Crippen LogP contribution >= 0.6 is 0 Å². The minimum absolute atomic E-state index is 0.234.